The maximum absolute atomic E-state index is 13.0. The maximum Gasteiger partial charge on any atom is 0.398 e. The number of aromatic nitrogens is 3. The summed E-state index contributed by atoms with van der Waals surface area (Å²) in [6.07, 6.45) is 1.35. The van der Waals surface area contributed by atoms with Crippen LogP contribution in [0.1, 0.15) is 6.92 Å². The summed E-state index contributed by atoms with van der Waals surface area (Å²) in [4.78, 5) is 23.5. The number of H-pyrrole nitrogens is 1. The summed E-state index contributed by atoms with van der Waals surface area (Å²) in [6.45, 7) is 1.41. The van der Waals surface area contributed by atoms with Crippen LogP contribution in [0.25, 0.3) is 11.4 Å². The minimum Gasteiger partial charge on any atom is -0.323 e. The smallest absolute Gasteiger partial charge is 0.323 e. The first-order chi connectivity index (χ1) is 11.0. The third-order valence-electron chi connectivity index (χ3n) is 3.23. The molecule has 0 bridgehead atoms. The van der Waals surface area contributed by atoms with Crippen molar-refractivity contribution in [2.45, 2.75) is 6.92 Å². The molecule has 116 valence electrons. The Labute approximate surface area is 130 Å². The number of carbonyl (C=O) groups excluding carboxylic acids is 1. The van der Waals surface area contributed by atoms with E-state index in [1.807, 2.05) is 0 Å². The molecule has 2 N–H and O–H groups in total. The van der Waals surface area contributed by atoms with E-state index in [0.717, 1.165) is 0 Å². The predicted octanol–water partition coefficient (Wildman–Crippen LogP) is 1.54. The lowest BCUT2D eigenvalue weighted by Gasteiger charge is -2.05. The van der Waals surface area contributed by atoms with Gasteiger partial charge in [0.1, 0.15) is 5.82 Å². The second kappa shape index (κ2) is 5.88. The zero-order valence-electron chi connectivity index (χ0n) is 12.3. The van der Waals surface area contributed by atoms with Crippen LogP contribution < -0.4 is 15.6 Å². The number of amides is 1. The van der Waals surface area contributed by atoms with E-state index >= 15 is 0 Å². The highest BCUT2D eigenvalue weighted by Crippen LogP contribution is 2.14. The van der Waals surface area contributed by atoms with Gasteiger partial charge in [-0.1, -0.05) is 22.0 Å². The fourth-order valence-electron chi connectivity index (χ4n) is 2.23. The van der Waals surface area contributed by atoms with Crippen molar-refractivity contribution < 1.29 is 13.9 Å². The number of halogens is 1. The highest BCUT2D eigenvalue weighted by atomic mass is 19.1. The quantitative estimate of drug-likeness (QED) is 0.720. The molecule has 0 saturated carbocycles. The van der Waals surface area contributed by atoms with Crippen LogP contribution in [0.2, 0.25) is 0 Å². The van der Waals surface area contributed by atoms with E-state index in [1.54, 1.807) is 24.3 Å². The molecule has 1 aromatic heterocycles. The van der Waals surface area contributed by atoms with Crippen LogP contribution in [0.3, 0.4) is 0 Å². The van der Waals surface area contributed by atoms with Gasteiger partial charge in [0, 0.05) is 6.92 Å². The number of hydrogen-bond acceptors (Lipinski definition) is 2. The molecule has 7 heteroatoms. The third kappa shape index (κ3) is 3.03. The Hall–Kier alpha value is -3.22. The van der Waals surface area contributed by atoms with Gasteiger partial charge in [-0.2, -0.15) is 0 Å². The molecular formula is C16H14FN4O2+. The number of benzene rings is 2. The monoisotopic (exact) mass is 313 g/mol. The fraction of sp³-hybridized carbons (Fsp3) is 0.0625. The molecule has 0 aliphatic rings. The van der Waals surface area contributed by atoms with Crippen molar-refractivity contribution >= 4 is 11.6 Å². The van der Waals surface area contributed by atoms with Crippen molar-refractivity contribution in [3.05, 3.63) is 70.9 Å². The number of nitrogens with one attached hydrogen (secondary N) is 2. The van der Waals surface area contributed by atoms with E-state index in [4.69, 9.17) is 0 Å². The summed E-state index contributed by atoms with van der Waals surface area (Å²) < 4.78 is 15.8. The van der Waals surface area contributed by atoms with Crippen molar-refractivity contribution in [2.75, 3.05) is 5.32 Å². The van der Waals surface area contributed by atoms with Gasteiger partial charge in [0.15, 0.2) is 11.4 Å². The van der Waals surface area contributed by atoms with Crippen LogP contribution in [-0.4, -0.2) is 15.8 Å². The van der Waals surface area contributed by atoms with Gasteiger partial charge in [-0.25, -0.2) is 9.18 Å². The Morgan fingerprint density at radius 2 is 1.87 bits per heavy atom. The van der Waals surface area contributed by atoms with Gasteiger partial charge in [0.05, 0.1) is 5.69 Å². The average molecular weight is 313 g/mol. The molecule has 3 rings (SSSR count). The largest absolute Gasteiger partial charge is 0.398 e. The normalized spacial score (nSPS) is 10.5. The first-order valence-electron chi connectivity index (χ1n) is 6.91. The lowest BCUT2D eigenvalue weighted by molar-refractivity contribution is -0.660. The lowest BCUT2D eigenvalue weighted by atomic mass is 10.2. The molecule has 0 radical (unpaired) electrons. The second-order valence-electron chi connectivity index (χ2n) is 4.95. The number of aromatic amines is 1. The van der Waals surface area contributed by atoms with E-state index in [2.05, 4.69) is 10.5 Å². The Bertz CT molecular complexity index is 912. The van der Waals surface area contributed by atoms with Crippen LogP contribution >= 0.6 is 0 Å². The van der Waals surface area contributed by atoms with Crippen molar-refractivity contribution in [1.29, 1.82) is 0 Å². The lowest BCUT2D eigenvalue weighted by Crippen LogP contribution is -2.34. The van der Waals surface area contributed by atoms with Gasteiger partial charge in [-0.15, -0.1) is 4.68 Å². The third-order valence-corrected chi connectivity index (χ3v) is 3.23. The maximum atomic E-state index is 13.0. The van der Waals surface area contributed by atoms with E-state index in [9.17, 15) is 14.0 Å². The highest BCUT2D eigenvalue weighted by molar-refractivity contribution is 5.90. The number of hydrogen-bond donors (Lipinski definition) is 2. The molecular weight excluding hydrogens is 299 g/mol. The molecule has 23 heavy (non-hydrogen) atoms. The Kier molecular flexibility index (Phi) is 3.76. The van der Waals surface area contributed by atoms with E-state index in [0.29, 0.717) is 17.1 Å². The molecule has 1 heterocycles. The van der Waals surface area contributed by atoms with Crippen molar-refractivity contribution in [2.24, 2.45) is 0 Å². The standard InChI is InChI=1S/C16H13FN4O2/c1-11(22)18-14-4-2-3-5-15(14)20-10-16(23)21(19-20)13-8-6-12(17)7-9-13/h2-10H,1H3,(H-,18,19,22,23)/p+1. The van der Waals surface area contributed by atoms with E-state index in [1.165, 1.54) is 46.7 Å². The fourth-order valence-corrected chi connectivity index (χ4v) is 2.23. The predicted molar refractivity (Wildman–Crippen MR) is 82.2 cm³/mol. The first-order valence-corrected chi connectivity index (χ1v) is 6.91. The van der Waals surface area contributed by atoms with Gasteiger partial charge >= 0.3 is 5.56 Å². The first kappa shape index (κ1) is 14.7. The number of nitrogens with zero attached hydrogens (tertiary/aromatic N) is 2. The molecule has 0 aliphatic heterocycles. The summed E-state index contributed by atoms with van der Waals surface area (Å²) in [7, 11) is 0. The van der Waals surface area contributed by atoms with Crippen LogP contribution in [0.5, 0.6) is 0 Å². The summed E-state index contributed by atoms with van der Waals surface area (Å²) in [5.74, 6) is -0.587. The van der Waals surface area contributed by atoms with E-state index < -0.39 is 0 Å². The molecule has 0 saturated heterocycles. The molecule has 2 aromatic carbocycles. The van der Waals surface area contributed by atoms with Gasteiger partial charge in [0.2, 0.25) is 12.1 Å². The molecule has 3 aromatic rings. The minimum absolute atomic E-state index is 0.210. The van der Waals surface area contributed by atoms with Crippen molar-refractivity contribution in [3.63, 3.8) is 0 Å². The highest BCUT2D eigenvalue weighted by Gasteiger charge is 2.17. The van der Waals surface area contributed by atoms with E-state index in [-0.39, 0.29) is 17.3 Å². The van der Waals surface area contributed by atoms with Crippen LogP contribution in [-0.2, 0) is 4.79 Å². The molecule has 0 spiro atoms. The topological polar surface area (TPSA) is 70.8 Å². The number of carbonyl (C=O) groups is 1. The van der Waals surface area contributed by atoms with Gasteiger partial charge in [-0.05, 0) is 36.4 Å². The Balaban J connectivity index is 2.06. The minimum atomic E-state index is -0.378. The summed E-state index contributed by atoms with van der Waals surface area (Å²) >= 11 is 0. The van der Waals surface area contributed by atoms with Gasteiger partial charge < -0.3 is 5.32 Å². The SMILES string of the molecule is CC(=O)Nc1ccccc1-[n+]1cc(=O)n(-c2ccc(F)cc2)[nH]1. The summed E-state index contributed by atoms with van der Waals surface area (Å²) in [6, 6.07) is 12.6. The van der Waals surface area contributed by atoms with Gasteiger partial charge in [-0.3, -0.25) is 4.79 Å². The van der Waals surface area contributed by atoms with Crippen LogP contribution in [0.15, 0.2) is 59.5 Å². The zero-order chi connectivity index (χ0) is 16.4. The van der Waals surface area contributed by atoms with Crippen LogP contribution in [0, 0.1) is 5.82 Å². The van der Waals surface area contributed by atoms with Crippen molar-refractivity contribution in [1.82, 2.24) is 9.90 Å². The Morgan fingerprint density at radius 1 is 1.17 bits per heavy atom. The molecule has 0 aliphatic carbocycles. The molecule has 1 amide bonds. The number of para-hydroxylation sites is 2. The number of anilines is 1. The molecule has 0 fully saturated rings. The summed E-state index contributed by atoms with van der Waals surface area (Å²) in [5.41, 5.74) is 1.37. The van der Waals surface area contributed by atoms with Gasteiger partial charge in [0.25, 0.3) is 0 Å². The zero-order valence-corrected chi connectivity index (χ0v) is 12.3. The average Bonchev–Trinajstić information content (AvgIpc) is 2.90. The second-order valence-corrected chi connectivity index (χ2v) is 4.95. The van der Waals surface area contributed by atoms with Crippen LogP contribution in [0.4, 0.5) is 10.1 Å². The molecule has 0 atom stereocenters. The molecule has 0 unspecified atom stereocenters. The summed E-state index contributed by atoms with van der Waals surface area (Å²) in [5, 5.41) is 5.60. The number of rotatable bonds is 3. The Morgan fingerprint density at radius 3 is 2.57 bits per heavy atom. The van der Waals surface area contributed by atoms with Crippen molar-refractivity contribution in [3.8, 4) is 11.4 Å². The molecule has 6 nitrogen and oxygen atoms in total.